The Hall–Kier alpha value is -2.31. The van der Waals surface area contributed by atoms with Crippen molar-refractivity contribution in [2.24, 2.45) is 0 Å². The summed E-state index contributed by atoms with van der Waals surface area (Å²) in [5.74, 6) is -1.29. The summed E-state index contributed by atoms with van der Waals surface area (Å²) >= 11 is 6.24. The van der Waals surface area contributed by atoms with Gasteiger partial charge in [-0.05, 0) is 18.6 Å². The first-order valence-corrected chi connectivity index (χ1v) is 11.0. The fourth-order valence-corrected chi connectivity index (χ4v) is 5.78. The number of sulfone groups is 1. The third-order valence-electron chi connectivity index (χ3n) is 3.82. The van der Waals surface area contributed by atoms with Gasteiger partial charge in [0.15, 0.2) is 9.84 Å². The molecule has 1 N–H and O–H groups in total. The van der Waals surface area contributed by atoms with E-state index < -0.39 is 32.7 Å². The molecule has 1 amide bonds. The van der Waals surface area contributed by atoms with Gasteiger partial charge in [0.05, 0.1) is 32.9 Å². The number of aliphatic carboxylic acids is 1. The molecule has 9 nitrogen and oxygen atoms in total. The van der Waals surface area contributed by atoms with E-state index in [4.69, 9.17) is 22.1 Å². The topological polar surface area (TPSA) is 135 Å². The van der Waals surface area contributed by atoms with E-state index >= 15 is 0 Å². The van der Waals surface area contributed by atoms with Crippen LogP contribution in [0.5, 0.6) is 0 Å². The standard InChI is InChI=1S/C14H12N2O5S3.C2H4O2/c17-13-12(7-9-3-1-2-4-11(9)16(18)19)23-14(22)15(13)10-5-6-24(20,21)8-10;1-2(3)4/h1-4,7,10H,5-6,8H2;1H3,(H,3,4)/b12-7-;. The van der Waals surface area contributed by atoms with Crippen LogP contribution < -0.4 is 0 Å². The van der Waals surface area contributed by atoms with Crippen LogP contribution in [0, 0.1) is 10.1 Å². The highest BCUT2D eigenvalue weighted by Gasteiger charge is 2.42. The molecule has 1 aromatic carbocycles. The number of rotatable bonds is 3. The molecule has 0 radical (unpaired) electrons. The Labute approximate surface area is 170 Å². The molecule has 2 aliphatic rings. The number of carboxylic acids is 1. The third kappa shape index (κ3) is 5.36. The average molecular weight is 445 g/mol. The fourth-order valence-electron chi connectivity index (χ4n) is 2.69. The van der Waals surface area contributed by atoms with E-state index in [0.29, 0.717) is 12.0 Å². The Morgan fingerprint density at radius 1 is 1.43 bits per heavy atom. The zero-order valence-corrected chi connectivity index (χ0v) is 17.1. The van der Waals surface area contributed by atoms with Gasteiger partial charge >= 0.3 is 0 Å². The quantitative estimate of drug-likeness (QED) is 0.322. The number of amides is 1. The summed E-state index contributed by atoms with van der Waals surface area (Å²) in [4.78, 5) is 33.7. The van der Waals surface area contributed by atoms with Gasteiger partial charge in [-0.2, -0.15) is 0 Å². The maximum Gasteiger partial charge on any atom is 0.300 e. The van der Waals surface area contributed by atoms with Gasteiger partial charge in [0.2, 0.25) is 0 Å². The first kappa shape index (κ1) is 22.0. The van der Waals surface area contributed by atoms with Crippen LogP contribution in [0.1, 0.15) is 18.9 Å². The van der Waals surface area contributed by atoms with Crippen LogP contribution in [0.3, 0.4) is 0 Å². The molecule has 1 aromatic rings. The first-order valence-electron chi connectivity index (χ1n) is 7.92. The summed E-state index contributed by atoms with van der Waals surface area (Å²) in [6.45, 7) is 1.08. The van der Waals surface area contributed by atoms with Gasteiger partial charge in [0.25, 0.3) is 17.6 Å². The molecule has 1 atom stereocenters. The van der Waals surface area contributed by atoms with Crippen molar-refractivity contribution >= 4 is 61.8 Å². The van der Waals surface area contributed by atoms with Crippen molar-refractivity contribution < 1.29 is 28.0 Å². The lowest BCUT2D eigenvalue weighted by molar-refractivity contribution is -0.385. The molecular weight excluding hydrogens is 428 g/mol. The minimum Gasteiger partial charge on any atom is -0.481 e. The van der Waals surface area contributed by atoms with E-state index in [1.54, 1.807) is 18.2 Å². The van der Waals surface area contributed by atoms with Crippen molar-refractivity contribution in [3.63, 3.8) is 0 Å². The fraction of sp³-hybridized carbons (Fsp3) is 0.312. The molecule has 12 heteroatoms. The number of hydrogen-bond acceptors (Lipinski definition) is 8. The molecule has 0 bridgehead atoms. The van der Waals surface area contributed by atoms with Gasteiger partial charge in [0, 0.05) is 13.0 Å². The van der Waals surface area contributed by atoms with E-state index in [1.807, 2.05) is 0 Å². The van der Waals surface area contributed by atoms with Gasteiger partial charge in [-0.25, -0.2) is 8.42 Å². The number of nitrogens with zero attached hydrogens (tertiary/aromatic N) is 2. The van der Waals surface area contributed by atoms with Crippen LogP contribution >= 0.6 is 24.0 Å². The lowest BCUT2D eigenvalue weighted by atomic mass is 10.1. The predicted octanol–water partition coefficient (Wildman–Crippen LogP) is 2.07. The molecule has 0 aliphatic carbocycles. The van der Waals surface area contributed by atoms with E-state index in [2.05, 4.69) is 0 Å². The highest BCUT2D eigenvalue weighted by atomic mass is 32.2. The van der Waals surface area contributed by atoms with Crippen molar-refractivity contribution in [3.8, 4) is 0 Å². The summed E-state index contributed by atoms with van der Waals surface area (Å²) in [5.41, 5.74) is 0.202. The van der Waals surface area contributed by atoms with Crippen molar-refractivity contribution in [2.75, 3.05) is 11.5 Å². The number of thioether (sulfide) groups is 1. The van der Waals surface area contributed by atoms with Crippen molar-refractivity contribution in [2.45, 2.75) is 19.4 Å². The van der Waals surface area contributed by atoms with Gasteiger partial charge in [-0.15, -0.1) is 0 Å². The van der Waals surface area contributed by atoms with Gasteiger partial charge < -0.3 is 5.11 Å². The molecule has 0 aromatic heterocycles. The summed E-state index contributed by atoms with van der Waals surface area (Å²) in [6, 6.07) is 5.63. The zero-order valence-electron chi connectivity index (χ0n) is 14.6. The normalized spacial score (nSPS) is 22.1. The van der Waals surface area contributed by atoms with Crippen LogP contribution in [-0.4, -0.2) is 57.1 Å². The minimum atomic E-state index is -3.15. The third-order valence-corrected chi connectivity index (χ3v) is 6.90. The summed E-state index contributed by atoms with van der Waals surface area (Å²) in [7, 11) is -3.15. The minimum absolute atomic E-state index is 0.0396. The molecule has 2 fully saturated rings. The Morgan fingerprint density at radius 2 is 2.04 bits per heavy atom. The van der Waals surface area contributed by atoms with Gasteiger partial charge in [0.1, 0.15) is 4.32 Å². The monoisotopic (exact) mass is 444 g/mol. The first-order chi connectivity index (χ1) is 13.0. The van der Waals surface area contributed by atoms with E-state index in [9.17, 15) is 23.3 Å². The smallest absolute Gasteiger partial charge is 0.300 e. The molecule has 1 unspecified atom stereocenters. The van der Waals surface area contributed by atoms with E-state index in [0.717, 1.165) is 18.7 Å². The number of benzene rings is 1. The van der Waals surface area contributed by atoms with Crippen molar-refractivity contribution in [3.05, 3.63) is 44.8 Å². The van der Waals surface area contributed by atoms with Crippen molar-refractivity contribution in [1.82, 2.24) is 4.90 Å². The molecule has 2 aliphatic heterocycles. The summed E-state index contributed by atoms with van der Waals surface area (Å²) in [5, 5.41) is 18.5. The van der Waals surface area contributed by atoms with Crippen LogP contribution in [0.4, 0.5) is 5.69 Å². The summed E-state index contributed by atoms with van der Waals surface area (Å²) in [6.07, 6.45) is 1.79. The highest BCUT2D eigenvalue weighted by Crippen LogP contribution is 2.37. The molecule has 28 heavy (non-hydrogen) atoms. The lowest BCUT2D eigenvalue weighted by Crippen LogP contribution is -2.39. The van der Waals surface area contributed by atoms with Crippen molar-refractivity contribution in [1.29, 1.82) is 0 Å². The number of nitro benzene ring substituents is 1. The number of para-hydroxylation sites is 1. The van der Waals surface area contributed by atoms with Crippen LogP contribution in [0.15, 0.2) is 29.2 Å². The average Bonchev–Trinajstić information content (AvgIpc) is 3.06. The second-order valence-electron chi connectivity index (χ2n) is 5.94. The number of carbonyl (C=O) groups excluding carboxylic acids is 1. The number of nitro groups is 1. The molecule has 0 spiro atoms. The van der Waals surface area contributed by atoms with Crippen LogP contribution in [0.2, 0.25) is 0 Å². The molecule has 150 valence electrons. The van der Waals surface area contributed by atoms with E-state index in [-0.39, 0.29) is 26.4 Å². The number of carbonyl (C=O) groups is 2. The predicted molar refractivity (Wildman–Crippen MR) is 108 cm³/mol. The Kier molecular flexibility index (Phi) is 6.91. The SMILES string of the molecule is CC(=O)O.O=C1/C(=C/c2ccccc2[N+](=O)[O-])SC(=S)N1C1CCS(=O)(=O)C1. The Morgan fingerprint density at radius 3 is 2.57 bits per heavy atom. The van der Waals surface area contributed by atoms with E-state index in [1.165, 1.54) is 17.0 Å². The second kappa shape index (κ2) is 8.80. The number of thiocarbonyl (C=S) groups is 1. The molecule has 2 heterocycles. The van der Waals surface area contributed by atoms with Crippen LogP contribution in [0.25, 0.3) is 6.08 Å². The number of hydrogen-bond donors (Lipinski definition) is 1. The van der Waals surface area contributed by atoms with Gasteiger partial charge in [-0.3, -0.25) is 24.6 Å². The van der Waals surface area contributed by atoms with Gasteiger partial charge in [-0.1, -0.05) is 36.1 Å². The molecular formula is C16H16N2O7S3. The summed E-state index contributed by atoms with van der Waals surface area (Å²) < 4.78 is 23.5. The second-order valence-corrected chi connectivity index (χ2v) is 9.85. The Bertz CT molecular complexity index is 968. The maximum absolute atomic E-state index is 12.6. The largest absolute Gasteiger partial charge is 0.481 e. The number of carboxylic acid groups (broad SMARTS) is 1. The van der Waals surface area contributed by atoms with Crippen LogP contribution in [-0.2, 0) is 19.4 Å². The molecule has 3 rings (SSSR count). The highest BCUT2D eigenvalue weighted by molar-refractivity contribution is 8.26. The lowest BCUT2D eigenvalue weighted by Gasteiger charge is -2.20. The molecule has 2 saturated heterocycles. The zero-order chi connectivity index (χ0) is 21.1. The molecule has 0 saturated carbocycles. The Balaban J connectivity index is 0.000000640. The maximum atomic E-state index is 12.6.